The lowest BCUT2D eigenvalue weighted by atomic mass is 10.3. The zero-order valence-corrected chi connectivity index (χ0v) is 12.2. The standard InChI is InChI=1S/C15H15N3O2S/c19-14(6-3-9-18-7-1-2-8-18)17-15-16-12(11-21-15)13-5-4-10-20-13/h1-2,4-5,7-8,10-11H,3,6,9H2,(H,16,17,19). The summed E-state index contributed by atoms with van der Waals surface area (Å²) in [5, 5.41) is 5.30. The van der Waals surface area contributed by atoms with Crippen molar-refractivity contribution < 1.29 is 9.21 Å². The van der Waals surface area contributed by atoms with Gasteiger partial charge < -0.3 is 14.3 Å². The molecule has 108 valence electrons. The van der Waals surface area contributed by atoms with E-state index in [2.05, 4.69) is 14.9 Å². The Morgan fingerprint density at radius 3 is 2.95 bits per heavy atom. The number of anilines is 1. The molecule has 6 heteroatoms. The van der Waals surface area contributed by atoms with Crippen molar-refractivity contribution in [2.75, 3.05) is 5.32 Å². The third-order valence-electron chi connectivity index (χ3n) is 3.01. The maximum Gasteiger partial charge on any atom is 0.226 e. The Hall–Kier alpha value is -2.34. The first-order valence-corrected chi connectivity index (χ1v) is 7.59. The SMILES string of the molecule is O=C(CCCn1cccc1)Nc1nc(-c2ccco2)cs1. The Balaban J connectivity index is 1.48. The minimum atomic E-state index is -0.0116. The predicted molar refractivity (Wildman–Crippen MR) is 82.1 cm³/mol. The summed E-state index contributed by atoms with van der Waals surface area (Å²) in [6.45, 7) is 0.843. The third-order valence-corrected chi connectivity index (χ3v) is 3.77. The second-order valence-corrected chi connectivity index (χ2v) is 5.45. The monoisotopic (exact) mass is 301 g/mol. The zero-order chi connectivity index (χ0) is 14.5. The molecule has 0 aliphatic heterocycles. The van der Waals surface area contributed by atoms with Crippen LogP contribution in [0.1, 0.15) is 12.8 Å². The summed E-state index contributed by atoms with van der Waals surface area (Å²) in [5.74, 6) is 0.696. The Bertz CT molecular complexity index is 686. The second-order valence-electron chi connectivity index (χ2n) is 4.59. The number of aromatic nitrogens is 2. The number of nitrogens with one attached hydrogen (secondary N) is 1. The highest BCUT2D eigenvalue weighted by atomic mass is 32.1. The molecule has 0 saturated heterocycles. The average molecular weight is 301 g/mol. The predicted octanol–water partition coefficient (Wildman–Crippen LogP) is 3.62. The number of thiazole rings is 1. The Morgan fingerprint density at radius 2 is 2.19 bits per heavy atom. The highest BCUT2D eigenvalue weighted by Gasteiger charge is 2.09. The van der Waals surface area contributed by atoms with Crippen LogP contribution in [0.3, 0.4) is 0 Å². The molecule has 3 aromatic rings. The van der Waals surface area contributed by atoms with Crippen molar-refractivity contribution in [1.82, 2.24) is 9.55 Å². The molecule has 3 aromatic heterocycles. The molecule has 0 aliphatic carbocycles. The largest absolute Gasteiger partial charge is 0.463 e. The Labute approximate surface area is 126 Å². The maximum atomic E-state index is 11.9. The molecule has 1 N–H and O–H groups in total. The van der Waals surface area contributed by atoms with Crippen LogP contribution in [0.5, 0.6) is 0 Å². The van der Waals surface area contributed by atoms with Crippen LogP contribution in [0.15, 0.2) is 52.7 Å². The number of rotatable bonds is 6. The smallest absolute Gasteiger partial charge is 0.226 e. The molecule has 0 unspecified atom stereocenters. The van der Waals surface area contributed by atoms with Crippen molar-refractivity contribution in [3.63, 3.8) is 0 Å². The summed E-state index contributed by atoms with van der Waals surface area (Å²) in [4.78, 5) is 16.2. The number of hydrogen-bond acceptors (Lipinski definition) is 4. The van der Waals surface area contributed by atoms with Gasteiger partial charge in [0.05, 0.1) is 6.26 Å². The van der Waals surface area contributed by atoms with Crippen LogP contribution in [0.25, 0.3) is 11.5 Å². The number of hydrogen-bond donors (Lipinski definition) is 1. The van der Waals surface area contributed by atoms with Crippen LogP contribution in [0.4, 0.5) is 5.13 Å². The van der Waals surface area contributed by atoms with Crippen LogP contribution in [-0.2, 0) is 11.3 Å². The average Bonchev–Trinajstić information content (AvgIpc) is 3.21. The fourth-order valence-electron chi connectivity index (χ4n) is 1.99. The van der Waals surface area contributed by atoms with Crippen molar-refractivity contribution in [3.8, 4) is 11.5 Å². The number of aryl methyl sites for hydroxylation is 1. The minimum absolute atomic E-state index is 0.0116. The molecule has 3 heterocycles. The van der Waals surface area contributed by atoms with Crippen LogP contribution < -0.4 is 5.32 Å². The summed E-state index contributed by atoms with van der Waals surface area (Å²) in [7, 11) is 0. The first kappa shape index (κ1) is 13.6. The summed E-state index contributed by atoms with van der Waals surface area (Å²) < 4.78 is 7.33. The lowest BCUT2D eigenvalue weighted by Gasteiger charge is -2.03. The van der Waals surface area contributed by atoms with E-state index in [1.165, 1.54) is 11.3 Å². The minimum Gasteiger partial charge on any atom is -0.463 e. The van der Waals surface area contributed by atoms with E-state index in [0.29, 0.717) is 17.3 Å². The number of carbonyl (C=O) groups is 1. The van der Waals surface area contributed by atoms with Crippen molar-refractivity contribution >= 4 is 22.4 Å². The fourth-order valence-corrected chi connectivity index (χ4v) is 2.71. The normalized spacial score (nSPS) is 10.7. The molecule has 0 atom stereocenters. The number of furan rings is 1. The third kappa shape index (κ3) is 3.61. The van der Waals surface area contributed by atoms with Crippen LogP contribution in [-0.4, -0.2) is 15.5 Å². The quantitative estimate of drug-likeness (QED) is 0.756. The van der Waals surface area contributed by atoms with Gasteiger partial charge in [0, 0.05) is 30.7 Å². The van der Waals surface area contributed by atoms with Gasteiger partial charge in [-0.25, -0.2) is 4.98 Å². The number of carbonyl (C=O) groups excluding carboxylic acids is 1. The van der Waals surface area contributed by atoms with E-state index < -0.39 is 0 Å². The maximum absolute atomic E-state index is 11.9. The van der Waals surface area contributed by atoms with E-state index in [1.54, 1.807) is 6.26 Å². The Kier molecular flexibility index (Phi) is 4.16. The van der Waals surface area contributed by atoms with Crippen molar-refractivity contribution in [2.24, 2.45) is 0 Å². The molecule has 0 saturated carbocycles. The summed E-state index contributed by atoms with van der Waals surface area (Å²) in [6, 6.07) is 7.61. The molecule has 1 amide bonds. The lowest BCUT2D eigenvalue weighted by Crippen LogP contribution is -2.12. The highest BCUT2D eigenvalue weighted by molar-refractivity contribution is 7.14. The number of amides is 1. The van der Waals surface area contributed by atoms with Gasteiger partial charge in [0.15, 0.2) is 10.9 Å². The van der Waals surface area contributed by atoms with E-state index in [4.69, 9.17) is 4.42 Å². The summed E-state index contributed by atoms with van der Waals surface area (Å²) in [6.07, 6.45) is 6.88. The van der Waals surface area contributed by atoms with E-state index in [-0.39, 0.29) is 5.91 Å². The van der Waals surface area contributed by atoms with Gasteiger partial charge in [-0.1, -0.05) is 0 Å². The molecule has 3 rings (SSSR count). The van der Waals surface area contributed by atoms with Gasteiger partial charge in [0.1, 0.15) is 5.69 Å². The summed E-state index contributed by atoms with van der Waals surface area (Å²) in [5.41, 5.74) is 0.743. The first-order chi connectivity index (χ1) is 10.3. The molecule has 5 nitrogen and oxygen atoms in total. The van der Waals surface area contributed by atoms with Crippen LogP contribution in [0.2, 0.25) is 0 Å². The topological polar surface area (TPSA) is 60.1 Å². The van der Waals surface area contributed by atoms with Gasteiger partial charge >= 0.3 is 0 Å². The van der Waals surface area contributed by atoms with Crippen molar-refractivity contribution in [1.29, 1.82) is 0 Å². The van der Waals surface area contributed by atoms with Crippen molar-refractivity contribution in [2.45, 2.75) is 19.4 Å². The van der Waals surface area contributed by atoms with E-state index in [9.17, 15) is 4.79 Å². The molecule has 21 heavy (non-hydrogen) atoms. The van der Waals surface area contributed by atoms with Gasteiger partial charge in [-0.3, -0.25) is 4.79 Å². The highest BCUT2D eigenvalue weighted by Crippen LogP contribution is 2.25. The molecular weight excluding hydrogens is 286 g/mol. The first-order valence-electron chi connectivity index (χ1n) is 6.71. The molecule has 0 radical (unpaired) electrons. The van der Waals surface area contributed by atoms with E-state index >= 15 is 0 Å². The second kappa shape index (κ2) is 6.41. The van der Waals surface area contributed by atoms with E-state index in [0.717, 1.165) is 18.7 Å². The van der Waals surface area contributed by atoms with Gasteiger partial charge in [-0.15, -0.1) is 11.3 Å². The Morgan fingerprint density at radius 1 is 1.33 bits per heavy atom. The zero-order valence-electron chi connectivity index (χ0n) is 11.4. The van der Waals surface area contributed by atoms with Crippen LogP contribution >= 0.6 is 11.3 Å². The molecule has 0 bridgehead atoms. The van der Waals surface area contributed by atoms with Gasteiger partial charge in [-0.2, -0.15) is 0 Å². The molecule has 0 fully saturated rings. The molecule has 0 aromatic carbocycles. The van der Waals surface area contributed by atoms with Gasteiger partial charge in [0.2, 0.25) is 5.91 Å². The van der Waals surface area contributed by atoms with Crippen LogP contribution in [0, 0.1) is 0 Å². The molecular formula is C15H15N3O2S. The molecule has 0 spiro atoms. The lowest BCUT2D eigenvalue weighted by molar-refractivity contribution is -0.116. The summed E-state index contributed by atoms with van der Waals surface area (Å²) >= 11 is 1.40. The fraction of sp³-hybridized carbons (Fsp3) is 0.200. The van der Waals surface area contributed by atoms with Gasteiger partial charge in [-0.05, 0) is 30.7 Å². The van der Waals surface area contributed by atoms with Crippen molar-refractivity contribution in [3.05, 3.63) is 48.3 Å². The number of nitrogens with zero attached hydrogens (tertiary/aromatic N) is 2. The van der Waals surface area contributed by atoms with Gasteiger partial charge in [0.25, 0.3) is 0 Å². The molecule has 0 aliphatic rings. The van der Waals surface area contributed by atoms with E-state index in [1.807, 2.05) is 42.0 Å².